The number of aromatic amines is 1. The third kappa shape index (κ3) is 3.30. The van der Waals surface area contributed by atoms with Crippen LogP contribution in [0.4, 0.5) is 0 Å². The maximum absolute atomic E-state index is 11.5. The Bertz CT molecular complexity index is 421. The van der Waals surface area contributed by atoms with Crippen molar-refractivity contribution in [3.8, 4) is 0 Å². The van der Waals surface area contributed by atoms with Gasteiger partial charge in [0, 0.05) is 6.04 Å². The molecule has 0 bridgehead atoms. The molecular formula is C12H20N4O3. The molecule has 0 aliphatic carbocycles. The molecule has 0 amide bonds. The Kier molecular flexibility index (Phi) is 4.86. The largest absolute Gasteiger partial charge is 0.460 e. The van der Waals surface area contributed by atoms with E-state index in [0.29, 0.717) is 25.6 Å². The number of hydrogen-bond donors (Lipinski definition) is 2. The first-order valence-electron chi connectivity index (χ1n) is 6.66. The molecule has 7 nitrogen and oxygen atoms in total. The molecule has 1 aliphatic rings. The SMILES string of the molecule is CCCNC1COCC1c1nc(C(=O)OCC)n[nH]1. The molecule has 1 aromatic heterocycles. The number of ether oxygens (including phenoxy) is 2. The highest BCUT2D eigenvalue weighted by Gasteiger charge is 2.32. The van der Waals surface area contributed by atoms with Gasteiger partial charge in [0.1, 0.15) is 5.82 Å². The van der Waals surface area contributed by atoms with Crippen molar-refractivity contribution in [3.05, 3.63) is 11.6 Å². The molecule has 1 aromatic rings. The monoisotopic (exact) mass is 268 g/mol. The fourth-order valence-corrected chi connectivity index (χ4v) is 2.08. The van der Waals surface area contributed by atoms with Crippen LogP contribution in [0.5, 0.6) is 0 Å². The summed E-state index contributed by atoms with van der Waals surface area (Å²) >= 11 is 0. The van der Waals surface area contributed by atoms with E-state index in [2.05, 4.69) is 27.4 Å². The van der Waals surface area contributed by atoms with Gasteiger partial charge < -0.3 is 14.8 Å². The van der Waals surface area contributed by atoms with E-state index in [4.69, 9.17) is 9.47 Å². The van der Waals surface area contributed by atoms with Crippen LogP contribution in [0.15, 0.2) is 0 Å². The number of nitrogens with one attached hydrogen (secondary N) is 2. The molecule has 2 atom stereocenters. The van der Waals surface area contributed by atoms with Gasteiger partial charge in [0.05, 0.1) is 25.7 Å². The van der Waals surface area contributed by atoms with Crippen molar-refractivity contribution >= 4 is 5.97 Å². The lowest BCUT2D eigenvalue weighted by Crippen LogP contribution is -2.35. The van der Waals surface area contributed by atoms with Gasteiger partial charge in [-0.25, -0.2) is 9.78 Å². The number of nitrogens with zero attached hydrogens (tertiary/aromatic N) is 2. The molecule has 1 saturated heterocycles. The molecule has 106 valence electrons. The quantitative estimate of drug-likeness (QED) is 0.729. The topological polar surface area (TPSA) is 89.1 Å². The van der Waals surface area contributed by atoms with Crippen LogP contribution in [0.3, 0.4) is 0 Å². The molecule has 0 radical (unpaired) electrons. The van der Waals surface area contributed by atoms with Crippen LogP contribution >= 0.6 is 0 Å². The Labute approximate surface area is 112 Å². The second-order valence-electron chi connectivity index (χ2n) is 4.47. The van der Waals surface area contributed by atoms with Crippen LogP contribution in [0, 0.1) is 0 Å². The van der Waals surface area contributed by atoms with Crippen molar-refractivity contribution in [3.63, 3.8) is 0 Å². The third-order valence-corrected chi connectivity index (χ3v) is 3.05. The molecule has 2 rings (SSSR count). The van der Waals surface area contributed by atoms with E-state index in [-0.39, 0.29) is 17.8 Å². The van der Waals surface area contributed by atoms with Gasteiger partial charge in [0.15, 0.2) is 0 Å². The first kappa shape index (κ1) is 14.0. The van der Waals surface area contributed by atoms with Crippen LogP contribution in [0.25, 0.3) is 0 Å². The lowest BCUT2D eigenvalue weighted by molar-refractivity contribution is 0.0512. The lowest BCUT2D eigenvalue weighted by Gasteiger charge is -2.16. The molecule has 2 unspecified atom stereocenters. The molecule has 2 heterocycles. The summed E-state index contributed by atoms with van der Waals surface area (Å²) in [6.07, 6.45) is 1.06. The molecule has 0 spiro atoms. The highest BCUT2D eigenvalue weighted by molar-refractivity contribution is 5.84. The van der Waals surface area contributed by atoms with Crippen molar-refractivity contribution in [2.24, 2.45) is 0 Å². The van der Waals surface area contributed by atoms with Gasteiger partial charge in [-0.15, -0.1) is 5.10 Å². The van der Waals surface area contributed by atoms with E-state index >= 15 is 0 Å². The van der Waals surface area contributed by atoms with Gasteiger partial charge in [0.2, 0.25) is 0 Å². The van der Waals surface area contributed by atoms with Gasteiger partial charge in [-0.05, 0) is 19.9 Å². The average molecular weight is 268 g/mol. The summed E-state index contributed by atoms with van der Waals surface area (Å²) in [6.45, 7) is 6.35. The average Bonchev–Trinajstić information content (AvgIpc) is 3.05. The third-order valence-electron chi connectivity index (χ3n) is 3.05. The maximum atomic E-state index is 11.5. The molecule has 1 aliphatic heterocycles. The lowest BCUT2D eigenvalue weighted by atomic mass is 10.0. The summed E-state index contributed by atoms with van der Waals surface area (Å²) in [7, 11) is 0. The Hall–Kier alpha value is -1.47. The van der Waals surface area contributed by atoms with Crippen molar-refractivity contribution < 1.29 is 14.3 Å². The molecule has 0 aromatic carbocycles. The van der Waals surface area contributed by atoms with Gasteiger partial charge in [0.25, 0.3) is 5.82 Å². The molecule has 0 saturated carbocycles. The first-order valence-corrected chi connectivity index (χ1v) is 6.66. The van der Waals surface area contributed by atoms with E-state index < -0.39 is 5.97 Å². The van der Waals surface area contributed by atoms with Crippen LogP contribution in [0.1, 0.15) is 42.6 Å². The fourth-order valence-electron chi connectivity index (χ4n) is 2.08. The summed E-state index contributed by atoms with van der Waals surface area (Å²) in [6, 6.07) is 0.211. The van der Waals surface area contributed by atoms with E-state index in [0.717, 1.165) is 13.0 Å². The summed E-state index contributed by atoms with van der Waals surface area (Å²) < 4.78 is 10.3. The van der Waals surface area contributed by atoms with Crippen LogP contribution in [-0.4, -0.2) is 53.6 Å². The summed E-state index contributed by atoms with van der Waals surface area (Å²) in [4.78, 5) is 15.7. The molecule has 1 fully saturated rings. The van der Waals surface area contributed by atoms with E-state index in [9.17, 15) is 4.79 Å². The minimum absolute atomic E-state index is 0.0815. The zero-order valence-corrected chi connectivity index (χ0v) is 11.3. The molecule has 19 heavy (non-hydrogen) atoms. The zero-order chi connectivity index (χ0) is 13.7. The van der Waals surface area contributed by atoms with Gasteiger partial charge in [-0.1, -0.05) is 6.92 Å². The van der Waals surface area contributed by atoms with Crippen molar-refractivity contribution in [2.75, 3.05) is 26.4 Å². The molecule has 2 N–H and O–H groups in total. The van der Waals surface area contributed by atoms with Gasteiger partial charge >= 0.3 is 5.97 Å². The number of esters is 1. The number of aromatic nitrogens is 3. The fraction of sp³-hybridized carbons (Fsp3) is 0.750. The molecular weight excluding hydrogens is 248 g/mol. The summed E-state index contributed by atoms with van der Waals surface area (Å²) in [5.41, 5.74) is 0. The minimum Gasteiger partial charge on any atom is -0.460 e. The maximum Gasteiger partial charge on any atom is 0.378 e. The predicted octanol–water partition coefficient (Wildman–Crippen LogP) is 0.463. The van der Waals surface area contributed by atoms with Crippen molar-refractivity contribution in [1.29, 1.82) is 0 Å². The number of carbonyl (C=O) groups excluding carboxylic acids is 1. The number of H-pyrrole nitrogens is 1. The minimum atomic E-state index is -0.498. The highest BCUT2D eigenvalue weighted by atomic mass is 16.5. The molecule has 7 heteroatoms. The first-order chi connectivity index (χ1) is 9.26. The number of carbonyl (C=O) groups is 1. The second-order valence-corrected chi connectivity index (χ2v) is 4.47. The number of rotatable bonds is 6. The van der Waals surface area contributed by atoms with Gasteiger partial charge in [-0.2, -0.15) is 0 Å². The normalized spacial score (nSPS) is 22.6. The van der Waals surface area contributed by atoms with Crippen LogP contribution < -0.4 is 5.32 Å². The van der Waals surface area contributed by atoms with Crippen molar-refractivity contribution in [1.82, 2.24) is 20.5 Å². The van der Waals surface area contributed by atoms with E-state index in [1.54, 1.807) is 6.92 Å². The Morgan fingerprint density at radius 2 is 2.37 bits per heavy atom. The highest BCUT2D eigenvalue weighted by Crippen LogP contribution is 2.23. The van der Waals surface area contributed by atoms with Crippen LogP contribution in [0.2, 0.25) is 0 Å². The van der Waals surface area contributed by atoms with Crippen molar-refractivity contribution in [2.45, 2.75) is 32.2 Å². The van der Waals surface area contributed by atoms with E-state index in [1.807, 2.05) is 0 Å². The van der Waals surface area contributed by atoms with Gasteiger partial charge in [-0.3, -0.25) is 5.10 Å². The standard InChI is InChI=1S/C12H20N4O3/c1-3-5-13-9-7-18-6-8(9)10-14-11(16-15-10)12(17)19-4-2/h8-9,13H,3-7H2,1-2H3,(H,14,15,16). The summed E-state index contributed by atoms with van der Waals surface area (Å²) in [5, 5.41) is 10.1. The predicted molar refractivity (Wildman–Crippen MR) is 68.0 cm³/mol. The number of hydrogen-bond acceptors (Lipinski definition) is 6. The zero-order valence-electron chi connectivity index (χ0n) is 11.3. The Balaban J connectivity index is 2.02. The van der Waals surface area contributed by atoms with Crippen LogP contribution in [-0.2, 0) is 9.47 Å². The summed E-state index contributed by atoms with van der Waals surface area (Å²) in [5.74, 6) is 0.358. The second kappa shape index (κ2) is 6.63. The smallest absolute Gasteiger partial charge is 0.378 e. The Morgan fingerprint density at radius 3 is 3.11 bits per heavy atom. The Morgan fingerprint density at radius 1 is 1.53 bits per heavy atom. The van der Waals surface area contributed by atoms with E-state index in [1.165, 1.54) is 0 Å².